The van der Waals surface area contributed by atoms with Gasteiger partial charge in [-0.3, -0.25) is 0 Å². The molecule has 118 valence electrons. The summed E-state index contributed by atoms with van der Waals surface area (Å²) < 4.78 is 6.88. The van der Waals surface area contributed by atoms with Crippen molar-refractivity contribution in [2.75, 3.05) is 18.6 Å². The number of carbonyl (C=O) groups excluding carboxylic acids is 1. The molecule has 1 aliphatic rings. The highest BCUT2D eigenvalue weighted by Gasteiger charge is 2.29. The number of methoxy groups -OCH3 is 1. The maximum atomic E-state index is 11.7. The van der Waals surface area contributed by atoms with E-state index in [9.17, 15) is 4.79 Å². The van der Waals surface area contributed by atoms with Crippen LogP contribution >= 0.6 is 22.9 Å². The fraction of sp³-hybridized carbons (Fsp3) is 0.500. The van der Waals surface area contributed by atoms with E-state index in [2.05, 4.69) is 19.4 Å². The molecular weight excluding hydrogens is 324 g/mol. The Morgan fingerprint density at radius 2 is 2.41 bits per heavy atom. The van der Waals surface area contributed by atoms with E-state index in [1.807, 2.05) is 19.3 Å². The first kappa shape index (κ1) is 15.3. The summed E-state index contributed by atoms with van der Waals surface area (Å²) in [5.41, 5.74) is 0. The van der Waals surface area contributed by atoms with Crippen molar-refractivity contribution in [3.8, 4) is 0 Å². The minimum absolute atomic E-state index is 0.219. The van der Waals surface area contributed by atoms with Gasteiger partial charge >= 0.3 is 5.97 Å². The molecule has 0 amide bonds. The van der Waals surface area contributed by atoms with Gasteiger partial charge in [0.15, 0.2) is 15.2 Å². The lowest BCUT2D eigenvalue weighted by molar-refractivity contribution is 0.0606. The largest absolute Gasteiger partial charge is 0.465 e. The zero-order valence-corrected chi connectivity index (χ0v) is 14.0. The first-order chi connectivity index (χ1) is 10.6. The molecule has 8 heteroatoms. The molecule has 0 N–H and O–H groups in total. The van der Waals surface area contributed by atoms with Crippen LogP contribution in [0.25, 0.3) is 0 Å². The molecule has 0 spiro atoms. The van der Waals surface area contributed by atoms with Crippen LogP contribution in [-0.4, -0.2) is 40.2 Å². The molecule has 0 saturated carbocycles. The lowest BCUT2D eigenvalue weighted by Crippen LogP contribution is -2.33. The minimum atomic E-state index is -0.435. The van der Waals surface area contributed by atoms with Crippen molar-refractivity contribution in [2.45, 2.75) is 32.4 Å². The van der Waals surface area contributed by atoms with Crippen LogP contribution in [0, 0.1) is 6.92 Å². The molecule has 1 unspecified atom stereocenters. The number of ether oxygens (including phenoxy) is 1. The topological polar surface area (TPSA) is 60.2 Å². The maximum absolute atomic E-state index is 11.7. The van der Waals surface area contributed by atoms with Crippen LogP contribution in [0.15, 0.2) is 12.4 Å². The molecule has 1 saturated heterocycles. The van der Waals surface area contributed by atoms with Crippen LogP contribution in [-0.2, 0) is 11.3 Å². The number of rotatable bonds is 4. The van der Waals surface area contributed by atoms with Gasteiger partial charge in [0.1, 0.15) is 5.82 Å². The van der Waals surface area contributed by atoms with Crippen LogP contribution < -0.4 is 4.90 Å². The molecule has 3 heterocycles. The number of hydrogen-bond donors (Lipinski definition) is 0. The van der Waals surface area contributed by atoms with E-state index in [1.54, 1.807) is 0 Å². The van der Waals surface area contributed by atoms with E-state index in [4.69, 9.17) is 16.3 Å². The number of anilines is 1. The molecule has 1 aliphatic heterocycles. The summed E-state index contributed by atoms with van der Waals surface area (Å²) in [5, 5.41) is 1.00. The van der Waals surface area contributed by atoms with Crippen LogP contribution in [0.5, 0.6) is 0 Å². The summed E-state index contributed by atoms with van der Waals surface area (Å²) in [4.78, 5) is 22.9. The van der Waals surface area contributed by atoms with Gasteiger partial charge in [0, 0.05) is 31.5 Å². The summed E-state index contributed by atoms with van der Waals surface area (Å²) in [6.45, 7) is 3.77. The first-order valence-electron chi connectivity index (χ1n) is 7.09. The van der Waals surface area contributed by atoms with Crippen molar-refractivity contribution in [1.29, 1.82) is 0 Å². The number of carbonyl (C=O) groups is 1. The van der Waals surface area contributed by atoms with Crippen molar-refractivity contribution in [3.63, 3.8) is 0 Å². The summed E-state index contributed by atoms with van der Waals surface area (Å²) in [6, 6.07) is 0.334. The molecule has 0 bridgehead atoms. The molecule has 6 nitrogen and oxygen atoms in total. The lowest BCUT2D eigenvalue weighted by atomic mass is 10.2. The Hall–Kier alpha value is -1.60. The molecule has 22 heavy (non-hydrogen) atoms. The summed E-state index contributed by atoms with van der Waals surface area (Å²) in [7, 11) is 1.35. The Labute approximate surface area is 137 Å². The fourth-order valence-electron chi connectivity index (χ4n) is 2.73. The van der Waals surface area contributed by atoms with Gasteiger partial charge in [-0.25, -0.2) is 14.8 Å². The highest BCUT2D eigenvalue weighted by Crippen LogP contribution is 2.34. The van der Waals surface area contributed by atoms with Gasteiger partial charge in [-0.2, -0.15) is 0 Å². The van der Waals surface area contributed by atoms with Gasteiger partial charge in [-0.15, -0.1) is 0 Å². The molecule has 0 aromatic carbocycles. The number of thiazole rings is 1. The summed E-state index contributed by atoms with van der Waals surface area (Å²) in [6.07, 6.45) is 5.98. The van der Waals surface area contributed by atoms with Crippen LogP contribution in [0.2, 0.25) is 5.15 Å². The van der Waals surface area contributed by atoms with Crippen molar-refractivity contribution in [2.24, 2.45) is 0 Å². The van der Waals surface area contributed by atoms with Gasteiger partial charge in [-0.1, -0.05) is 22.9 Å². The fourth-order valence-corrected chi connectivity index (χ4v) is 4.03. The second kappa shape index (κ2) is 6.26. The monoisotopic (exact) mass is 340 g/mol. The van der Waals surface area contributed by atoms with Crippen molar-refractivity contribution in [3.05, 3.63) is 28.2 Å². The Balaban J connectivity index is 1.81. The molecule has 1 fully saturated rings. The van der Waals surface area contributed by atoms with Crippen LogP contribution in [0.1, 0.15) is 28.3 Å². The van der Waals surface area contributed by atoms with E-state index in [0.29, 0.717) is 10.9 Å². The first-order valence-corrected chi connectivity index (χ1v) is 8.28. The minimum Gasteiger partial charge on any atom is -0.465 e. The normalized spacial score (nSPS) is 18.0. The number of aryl methyl sites for hydroxylation is 1. The number of halogens is 1. The van der Waals surface area contributed by atoms with Crippen LogP contribution in [0.3, 0.4) is 0 Å². The van der Waals surface area contributed by atoms with Gasteiger partial charge in [-0.05, 0) is 19.8 Å². The third kappa shape index (κ3) is 2.83. The zero-order chi connectivity index (χ0) is 15.7. The van der Waals surface area contributed by atoms with E-state index >= 15 is 0 Å². The third-order valence-electron chi connectivity index (χ3n) is 3.90. The molecule has 0 aliphatic carbocycles. The standard InChI is InChI=1S/C14H17ClN4O2S/c1-9-16-5-7-18(9)8-10-4-3-6-19(10)14-17-12(15)11(22-14)13(20)21-2/h5,7,10H,3-4,6,8H2,1-2H3. The Morgan fingerprint density at radius 3 is 3.09 bits per heavy atom. The second-order valence-corrected chi connectivity index (χ2v) is 6.56. The number of hydrogen-bond acceptors (Lipinski definition) is 6. The Morgan fingerprint density at radius 1 is 1.59 bits per heavy atom. The van der Waals surface area contributed by atoms with Crippen molar-refractivity contribution < 1.29 is 9.53 Å². The van der Waals surface area contributed by atoms with Gasteiger partial charge in [0.25, 0.3) is 0 Å². The molecule has 2 aromatic rings. The third-order valence-corrected chi connectivity index (χ3v) is 5.36. The van der Waals surface area contributed by atoms with E-state index in [1.165, 1.54) is 18.4 Å². The Kier molecular flexibility index (Phi) is 4.35. The van der Waals surface area contributed by atoms with E-state index in [0.717, 1.165) is 36.9 Å². The van der Waals surface area contributed by atoms with Gasteiger partial charge in [0.2, 0.25) is 0 Å². The maximum Gasteiger partial charge on any atom is 0.351 e. The molecule has 2 aromatic heterocycles. The lowest BCUT2D eigenvalue weighted by Gasteiger charge is -2.24. The zero-order valence-electron chi connectivity index (χ0n) is 12.5. The molecule has 3 rings (SSSR count). The average Bonchev–Trinajstić information content (AvgIpc) is 3.20. The molecule has 0 radical (unpaired) electrons. The van der Waals surface area contributed by atoms with Gasteiger partial charge < -0.3 is 14.2 Å². The highest BCUT2D eigenvalue weighted by atomic mass is 35.5. The quantitative estimate of drug-likeness (QED) is 0.801. The predicted molar refractivity (Wildman–Crippen MR) is 85.8 cm³/mol. The SMILES string of the molecule is COC(=O)c1sc(N2CCCC2Cn2ccnc2C)nc1Cl. The van der Waals surface area contributed by atoms with E-state index in [-0.39, 0.29) is 5.15 Å². The molecular formula is C14H17ClN4O2S. The van der Waals surface area contributed by atoms with Crippen LogP contribution in [0.4, 0.5) is 5.13 Å². The number of nitrogens with zero attached hydrogens (tertiary/aromatic N) is 4. The number of imidazole rings is 1. The number of esters is 1. The summed E-state index contributed by atoms with van der Waals surface area (Å²) >= 11 is 7.36. The van der Waals surface area contributed by atoms with E-state index < -0.39 is 5.97 Å². The van der Waals surface area contributed by atoms with Crippen molar-refractivity contribution >= 4 is 34.0 Å². The van der Waals surface area contributed by atoms with Gasteiger partial charge in [0.05, 0.1) is 7.11 Å². The highest BCUT2D eigenvalue weighted by molar-refractivity contribution is 7.18. The predicted octanol–water partition coefficient (Wildman–Crippen LogP) is 2.76. The second-order valence-electron chi connectivity index (χ2n) is 5.22. The molecule has 1 atom stereocenters. The smallest absolute Gasteiger partial charge is 0.351 e. The average molecular weight is 341 g/mol. The number of aromatic nitrogens is 3. The summed E-state index contributed by atoms with van der Waals surface area (Å²) in [5.74, 6) is 0.564. The Bertz CT molecular complexity index is 684. The van der Waals surface area contributed by atoms with Crippen molar-refractivity contribution in [1.82, 2.24) is 14.5 Å².